The molecule has 1 saturated heterocycles. The molecular weight excluding hydrogens is 262 g/mol. The van der Waals surface area contributed by atoms with Crippen LogP contribution >= 0.6 is 11.3 Å². The summed E-state index contributed by atoms with van der Waals surface area (Å²) >= 11 is 1.68. The number of ether oxygens (including phenoxy) is 1. The molecule has 0 saturated carbocycles. The Bertz CT molecular complexity index is 389. The van der Waals surface area contributed by atoms with Crippen molar-refractivity contribution in [2.45, 2.75) is 26.3 Å². The Morgan fingerprint density at radius 2 is 2.21 bits per heavy atom. The molecule has 0 N–H and O–H groups in total. The van der Waals surface area contributed by atoms with Crippen LogP contribution in [0.2, 0.25) is 0 Å². The van der Waals surface area contributed by atoms with Crippen LogP contribution < -0.4 is 4.90 Å². The lowest BCUT2D eigenvalue weighted by molar-refractivity contribution is -0.144. The maximum Gasteiger partial charge on any atom is 0.307 e. The topological polar surface area (TPSA) is 45.7 Å². The Morgan fingerprint density at radius 1 is 1.47 bits per heavy atom. The molecule has 0 spiro atoms. The van der Waals surface area contributed by atoms with Crippen molar-refractivity contribution in [1.29, 1.82) is 0 Å². The third kappa shape index (κ3) is 3.91. The second-order valence-electron chi connectivity index (χ2n) is 4.70. The van der Waals surface area contributed by atoms with E-state index in [-0.39, 0.29) is 12.0 Å². The summed E-state index contributed by atoms with van der Waals surface area (Å²) in [5.41, 5.74) is 0. The van der Waals surface area contributed by atoms with Gasteiger partial charge in [-0.3, -0.25) is 9.69 Å². The fourth-order valence-corrected chi connectivity index (χ4v) is 3.01. The molecule has 2 rings (SSSR count). The minimum Gasteiger partial charge on any atom is -0.466 e. The van der Waals surface area contributed by atoms with Gasteiger partial charge in [-0.1, -0.05) is 0 Å². The molecule has 0 bridgehead atoms. The number of carbonyl (C=O) groups is 1. The minimum atomic E-state index is -0.0997. The molecule has 0 radical (unpaired) electrons. The van der Waals surface area contributed by atoms with E-state index in [0.717, 1.165) is 31.3 Å². The van der Waals surface area contributed by atoms with Crippen molar-refractivity contribution >= 4 is 22.4 Å². The predicted octanol–water partition coefficient (Wildman–Crippen LogP) is 1.61. The van der Waals surface area contributed by atoms with Crippen molar-refractivity contribution in [2.24, 2.45) is 0 Å². The maximum absolute atomic E-state index is 11.5. The van der Waals surface area contributed by atoms with Crippen LogP contribution in [0, 0.1) is 0 Å². The van der Waals surface area contributed by atoms with Crippen molar-refractivity contribution in [3.63, 3.8) is 0 Å². The number of thiazole rings is 1. The Morgan fingerprint density at radius 3 is 2.79 bits per heavy atom. The maximum atomic E-state index is 11.5. The van der Waals surface area contributed by atoms with Gasteiger partial charge < -0.3 is 9.64 Å². The Hall–Kier alpha value is -1.14. The van der Waals surface area contributed by atoms with Crippen molar-refractivity contribution in [3.8, 4) is 0 Å². The predicted molar refractivity (Wildman–Crippen MR) is 76.6 cm³/mol. The molecule has 0 aliphatic carbocycles. The summed E-state index contributed by atoms with van der Waals surface area (Å²) in [7, 11) is 0. The molecule has 1 aliphatic rings. The smallest absolute Gasteiger partial charge is 0.307 e. The van der Waals surface area contributed by atoms with Crippen LogP contribution in [0.3, 0.4) is 0 Å². The number of esters is 1. The van der Waals surface area contributed by atoms with Gasteiger partial charge in [0.25, 0.3) is 0 Å². The van der Waals surface area contributed by atoms with E-state index >= 15 is 0 Å². The lowest BCUT2D eigenvalue weighted by Crippen LogP contribution is -2.50. The summed E-state index contributed by atoms with van der Waals surface area (Å²) < 4.78 is 5.00. The second kappa shape index (κ2) is 6.86. The Labute approximate surface area is 118 Å². The quantitative estimate of drug-likeness (QED) is 0.768. The average Bonchev–Trinajstić information content (AvgIpc) is 2.93. The van der Waals surface area contributed by atoms with E-state index in [1.165, 1.54) is 0 Å². The van der Waals surface area contributed by atoms with Crippen LogP contribution in [0.25, 0.3) is 0 Å². The van der Waals surface area contributed by atoms with Gasteiger partial charge in [-0.25, -0.2) is 4.98 Å². The molecule has 0 aromatic carbocycles. The molecule has 1 aromatic rings. The molecular formula is C13H21N3O2S. The Balaban J connectivity index is 1.78. The van der Waals surface area contributed by atoms with Gasteiger partial charge in [0, 0.05) is 43.8 Å². The van der Waals surface area contributed by atoms with Gasteiger partial charge in [0.2, 0.25) is 0 Å². The first kappa shape index (κ1) is 14.3. The first-order valence-corrected chi connectivity index (χ1v) is 7.62. The van der Waals surface area contributed by atoms with Crippen molar-refractivity contribution < 1.29 is 9.53 Å². The van der Waals surface area contributed by atoms with Crippen LogP contribution in [-0.2, 0) is 9.53 Å². The lowest BCUT2D eigenvalue weighted by atomic mass is 10.2. The third-order valence-corrected chi connectivity index (χ3v) is 4.23. The molecule has 6 heteroatoms. The summed E-state index contributed by atoms with van der Waals surface area (Å²) in [6, 6.07) is 0.248. The molecule has 106 valence electrons. The van der Waals surface area contributed by atoms with E-state index in [0.29, 0.717) is 13.0 Å². The highest BCUT2D eigenvalue weighted by Gasteiger charge is 2.23. The first-order chi connectivity index (χ1) is 9.20. The summed E-state index contributed by atoms with van der Waals surface area (Å²) in [6.45, 7) is 8.29. The highest BCUT2D eigenvalue weighted by atomic mass is 32.1. The molecule has 5 nitrogen and oxygen atoms in total. The van der Waals surface area contributed by atoms with Gasteiger partial charge in [0.05, 0.1) is 13.0 Å². The van der Waals surface area contributed by atoms with E-state index in [2.05, 4.69) is 21.7 Å². The molecule has 1 aromatic heterocycles. The fraction of sp³-hybridized carbons (Fsp3) is 0.692. The molecule has 1 fully saturated rings. The van der Waals surface area contributed by atoms with Crippen LogP contribution in [0.5, 0.6) is 0 Å². The largest absolute Gasteiger partial charge is 0.466 e. The zero-order chi connectivity index (χ0) is 13.7. The molecule has 1 unspecified atom stereocenters. The summed E-state index contributed by atoms with van der Waals surface area (Å²) in [5.74, 6) is -0.0997. The zero-order valence-electron chi connectivity index (χ0n) is 11.5. The standard InChI is InChI=1S/C13H21N3O2S/c1-3-18-12(17)10-11(2)15-5-7-16(8-6-15)13-14-4-9-19-13/h4,9,11H,3,5-8,10H2,1-2H3. The van der Waals surface area contributed by atoms with Gasteiger partial charge in [0.15, 0.2) is 5.13 Å². The minimum absolute atomic E-state index is 0.0997. The van der Waals surface area contributed by atoms with Crippen molar-refractivity contribution in [3.05, 3.63) is 11.6 Å². The fourth-order valence-electron chi connectivity index (χ4n) is 2.32. The highest BCUT2D eigenvalue weighted by molar-refractivity contribution is 7.13. The number of hydrogen-bond donors (Lipinski definition) is 0. The van der Waals surface area contributed by atoms with Gasteiger partial charge >= 0.3 is 5.97 Å². The summed E-state index contributed by atoms with van der Waals surface area (Å²) in [5, 5.41) is 3.10. The van der Waals surface area contributed by atoms with Crippen LogP contribution in [-0.4, -0.2) is 54.7 Å². The van der Waals surface area contributed by atoms with E-state index < -0.39 is 0 Å². The normalized spacial score (nSPS) is 18.3. The third-order valence-electron chi connectivity index (χ3n) is 3.39. The van der Waals surface area contributed by atoms with E-state index in [1.54, 1.807) is 11.3 Å². The zero-order valence-corrected chi connectivity index (χ0v) is 12.4. The lowest BCUT2D eigenvalue weighted by Gasteiger charge is -2.37. The van der Waals surface area contributed by atoms with Crippen LogP contribution in [0.4, 0.5) is 5.13 Å². The number of anilines is 1. The number of nitrogens with zero attached hydrogens (tertiary/aromatic N) is 3. The Kier molecular flexibility index (Phi) is 5.15. The molecule has 19 heavy (non-hydrogen) atoms. The molecule has 1 atom stereocenters. The molecule has 0 amide bonds. The van der Waals surface area contributed by atoms with Crippen molar-refractivity contribution in [2.75, 3.05) is 37.7 Å². The molecule has 2 heterocycles. The summed E-state index contributed by atoms with van der Waals surface area (Å²) in [4.78, 5) is 20.5. The SMILES string of the molecule is CCOC(=O)CC(C)N1CCN(c2nccs2)CC1. The first-order valence-electron chi connectivity index (χ1n) is 6.74. The van der Waals surface area contributed by atoms with E-state index in [9.17, 15) is 4.79 Å². The number of piperazine rings is 1. The number of hydrogen-bond acceptors (Lipinski definition) is 6. The monoisotopic (exact) mass is 283 g/mol. The van der Waals surface area contributed by atoms with E-state index in [1.807, 2.05) is 18.5 Å². The van der Waals surface area contributed by atoms with E-state index in [4.69, 9.17) is 4.74 Å². The van der Waals surface area contributed by atoms with Gasteiger partial charge in [-0.2, -0.15) is 0 Å². The average molecular weight is 283 g/mol. The number of rotatable bonds is 5. The van der Waals surface area contributed by atoms with Gasteiger partial charge in [-0.05, 0) is 13.8 Å². The second-order valence-corrected chi connectivity index (χ2v) is 5.57. The van der Waals surface area contributed by atoms with Gasteiger partial charge in [-0.15, -0.1) is 11.3 Å². The van der Waals surface area contributed by atoms with Gasteiger partial charge in [0.1, 0.15) is 0 Å². The molecule has 1 aliphatic heterocycles. The van der Waals surface area contributed by atoms with Crippen LogP contribution in [0.1, 0.15) is 20.3 Å². The highest BCUT2D eigenvalue weighted by Crippen LogP contribution is 2.20. The summed E-state index contributed by atoms with van der Waals surface area (Å²) in [6.07, 6.45) is 2.32. The van der Waals surface area contributed by atoms with Crippen molar-refractivity contribution in [1.82, 2.24) is 9.88 Å². The van der Waals surface area contributed by atoms with Crippen LogP contribution in [0.15, 0.2) is 11.6 Å². The number of carbonyl (C=O) groups excluding carboxylic acids is 1. The number of aromatic nitrogens is 1.